The fourth-order valence-electron chi connectivity index (χ4n) is 1.77. The van der Waals surface area contributed by atoms with E-state index in [0.29, 0.717) is 11.4 Å². The van der Waals surface area contributed by atoms with Crippen LogP contribution in [0.3, 0.4) is 0 Å². The van der Waals surface area contributed by atoms with Gasteiger partial charge in [-0.05, 0) is 19.1 Å². The molecule has 1 amide bonds. The Labute approximate surface area is 116 Å². The fourth-order valence-corrected chi connectivity index (χ4v) is 1.77. The number of carbonyl (C=O) groups excluding carboxylic acids is 1. The van der Waals surface area contributed by atoms with Crippen LogP contribution in [0.25, 0.3) is 0 Å². The van der Waals surface area contributed by atoms with Crippen LogP contribution < -0.4 is 15.5 Å². The number of nitrogens with zero attached hydrogens (tertiary/aromatic N) is 2. The van der Waals surface area contributed by atoms with Gasteiger partial charge in [0.2, 0.25) is 11.3 Å². The second-order valence-corrected chi connectivity index (χ2v) is 4.27. The number of carbonyl (C=O) groups is 1. The van der Waals surface area contributed by atoms with E-state index in [1.54, 1.807) is 36.0 Å². The lowest BCUT2D eigenvalue weighted by Gasteiger charge is -2.12. The molecule has 6 nitrogen and oxygen atoms in total. The summed E-state index contributed by atoms with van der Waals surface area (Å²) in [6, 6.07) is 4.93. The Hall–Kier alpha value is -2.63. The normalized spacial score (nSPS) is 10.1. The van der Waals surface area contributed by atoms with Crippen LogP contribution in [0, 0.1) is 6.92 Å². The number of hydrogen-bond acceptors (Lipinski definition) is 4. The van der Waals surface area contributed by atoms with Crippen molar-refractivity contribution in [2.45, 2.75) is 13.5 Å². The van der Waals surface area contributed by atoms with E-state index in [9.17, 15) is 9.59 Å². The monoisotopic (exact) mass is 273 g/mol. The highest BCUT2D eigenvalue weighted by molar-refractivity contribution is 5.90. The summed E-state index contributed by atoms with van der Waals surface area (Å²) in [5.74, 6) is 0.0107. The second-order valence-electron chi connectivity index (χ2n) is 4.27. The highest BCUT2D eigenvalue weighted by Crippen LogP contribution is 2.07. The molecule has 0 saturated carbocycles. The molecule has 2 heterocycles. The molecular weight excluding hydrogens is 258 g/mol. The highest BCUT2D eigenvalue weighted by Gasteiger charge is 2.08. The summed E-state index contributed by atoms with van der Waals surface area (Å²) < 4.78 is 6.62. The van der Waals surface area contributed by atoms with Gasteiger partial charge in [0.15, 0.2) is 5.75 Å². The lowest BCUT2D eigenvalue weighted by Crippen LogP contribution is -2.22. The third kappa shape index (κ3) is 3.23. The number of rotatable bonds is 4. The Morgan fingerprint density at radius 3 is 2.95 bits per heavy atom. The molecule has 0 aliphatic heterocycles. The topological polar surface area (TPSA) is 73.2 Å². The highest BCUT2D eigenvalue weighted by atomic mass is 16.5. The average molecular weight is 273 g/mol. The number of amides is 1. The van der Waals surface area contributed by atoms with Crippen LogP contribution >= 0.6 is 0 Å². The number of methoxy groups -OCH3 is 1. The van der Waals surface area contributed by atoms with Crippen molar-refractivity contribution >= 4 is 11.6 Å². The first kappa shape index (κ1) is 13.8. The summed E-state index contributed by atoms with van der Waals surface area (Å²) in [5.41, 5.74) is 1.12. The zero-order chi connectivity index (χ0) is 14.5. The van der Waals surface area contributed by atoms with Crippen LogP contribution in [0.2, 0.25) is 0 Å². The molecule has 2 rings (SSSR count). The Morgan fingerprint density at radius 2 is 2.30 bits per heavy atom. The molecule has 0 bridgehead atoms. The predicted molar refractivity (Wildman–Crippen MR) is 74.9 cm³/mol. The fraction of sp³-hybridized carbons (Fsp3) is 0.214. The molecule has 20 heavy (non-hydrogen) atoms. The lowest BCUT2D eigenvalue weighted by atomic mass is 10.3. The zero-order valence-corrected chi connectivity index (χ0v) is 11.3. The maximum Gasteiger partial charge on any atom is 0.244 e. The van der Waals surface area contributed by atoms with Gasteiger partial charge in [-0.2, -0.15) is 0 Å². The van der Waals surface area contributed by atoms with Gasteiger partial charge in [0.25, 0.3) is 0 Å². The molecule has 0 atom stereocenters. The van der Waals surface area contributed by atoms with Crippen molar-refractivity contribution in [3.63, 3.8) is 0 Å². The Bertz CT molecular complexity index is 665. The van der Waals surface area contributed by atoms with Crippen LogP contribution in [0.15, 0.2) is 41.6 Å². The molecule has 0 saturated heterocycles. The van der Waals surface area contributed by atoms with E-state index in [-0.39, 0.29) is 23.6 Å². The maximum absolute atomic E-state index is 11.9. The van der Waals surface area contributed by atoms with E-state index < -0.39 is 0 Å². The Kier molecular flexibility index (Phi) is 4.14. The predicted octanol–water partition coefficient (Wildman–Crippen LogP) is 1.20. The van der Waals surface area contributed by atoms with Gasteiger partial charge in [-0.15, -0.1) is 0 Å². The molecule has 0 unspecified atom stereocenters. The zero-order valence-electron chi connectivity index (χ0n) is 11.3. The summed E-state index contributed by atoms with van der Waals surface area (Å²) in [6.45, 7) is 1.86. The third-order valence-corrected chi connectivity index (χ3v) is 2.79. The van der Waals surface area contributed by atoms with E-state index in [1.165, 1.54) is 19.4 Å². The minimum Gasteiger partial charge on any atom is -0.491 e. The largest absolute Gasteiger partial charge is 0.491 e. The van der Waals surface area contributed by atoms with Crippen molar-refractivity contribution in [1.82, 2.24) is 9.55 Å². The van der Waals surface area contributed by atoms with E-state index >= 15 is 0 Å². The van der Waals surface area contributed by atoms with Gasteiger partial charge < -0.3 is 14.6 Å². The SMILES string of the molecule is COc1cn(CC(=O)Nc2cccnc2)c(C)cc1=O. The molecule has 0 spiro atoms. The smallest absolute Gasteiger partial charge is 0.244 e. The molecule has 6 heteroatoms. The minimum atomic E-state index is -0.202. The second kappa shape index (κ2) is 6.01. The van der Waals surface area contributed by atoms with Crippen LogP contribution in [-0.4, -0.2) is 22.6 Å². The van der Waals surface area contributed by atoms with Crippen molar-refractivity contribution in [1.29, 1.82) is 0 Å². The van der Waals surface area contributed by atoms with Crippen LogP contribution in [0.1, 0.15) is 5.69 Å². The number of pyridine rings is 2. The quantitative estimate of drug-likeness (QED) is 0.908. The van der Waals surface area contributed by atoms with Crippen molar-refractivity contribution in [3.8, 4) is 5.75 Å². The van der Waals surface area contributed by atoms with E-state index in [0.717, 1.165) is 0 Å². The first-order chi connectivity index (χ1) is 9.60. The van der Waals surface area contributed by atoms with E-state index in [1.807, 2.05) is 0 Å². The van der Waals surface area contributed by atoms with Crippen molar-refractivity contribution in [2.75, 3.05) is 12.4 Å². The van der Waals surface area contributed by atoms with Gasteiger partial charge >= 0.3 is 0 Å². The number of ether oxygens (including phenoxy) is 1. The van der Waals surface area contributed by atoms with Crippen LogP contribution in [0.5, 0.6) is 5.75 Å². The molecular formula is C14H15N3O3. The van der Waals surface area contributed by atoms with Crippen molar-refractivity contribution in [3.05, 3.63) is 52.7 Å². The summed E-state index contributed by atoms with van der Waals surface area (Å²) >= 11 is 0. The first-order valence-electron chi connectivity index (χ1n) is 6.05. The average Bonchev–Trinajstić information content (AvgIpc) is 2.43. The maximum atomic E-state index is 11.9. The third-order valence-electron chi connectivity index (χ3n) is 2.79. The van der Waals surface area contributed by atoms with Gasteiger partial charge in [-0.25, -0.2) is 0 Å². The molecule has 0 aromatic carbocycles. The van der Waals surface area contributed by atoms with Gasteiger partial charge in [-0.1, -0.05) is 0 Å². The summed E-state index contributed by atoms with van der Waals surface area (Å²) in [4.78, 5) is 27.4. The van der Waals surface area contributed by atoms with Crippen molar-refractivity contribution in [2.24, 2.45) is 0 Å². The summed E-state index contributed by atoms with van der Waals surface area (Å²) in [7, 11) is 1.42. The van der Waals surface area contributed by atoms with Crippen LogP contribution in [0.4, 0.5) is 5.69 Å². The number of nitrogens with one attached hydrogen (secondary N) is 1. The lowest BCUT2D eigenvalue weighted by molar-refractivity contribution is -0.116. The molecule has 2 aromatic rings. The number of aromatic nitrogens is 2. The Morgan fingerprint density at radius 1 is 1.50 bits per heavy atom. The molecule has 0 aliphatic carbocycles. The standard InChI is InChI=1S/C14H15N3O3/c1-10-6-12(18)13(20-2)8-17(10)9-14(19)16-11-4-3-5-15-7-11/h3-8H,9H2,1-2H3,(H,16,19). The molecule has 0 fully saturated rings. The minimum absolute atomic E-state index is 0.0946. The van der Waals surface area contributed by atoms with Gasteiger partial charge in [0, 0.05) is 18.0 Å². The van der Waals surface area contributed by atoms with Crippen LogP contribution in [-0.2, 0) is 11.3 Å². The van der Waals surface area contributed by atoms with E-state index in [4.69, 9.17) is 4.74 Å². The number of aryl methyl sites for hydroxylation is 1. The number of anilines is 1. The van der Waals surface area contributed by atoms with Gasteiger partial charge in [0.05, 0.1) is 25.2 Å². The molecule has 0 radical (unpaired) electrons. The van der Waals surface area contributed by atoms with Gasteiger partial charge in [-0.3, -0.25) is 14.6 Å². The summed E-state index contributed by atoms with van der Waals surface area (Å²) in [6.07, 6.45) is 4.73. The van der Waals surface area contributed by atoms with E-state index in [2.05, 4.69) is 10.3 Å². The molecule has 1 N–H and O–H groups in total. The Balaban J connectivity index is 2.14. The van der Waals surface area contributed by atoms with Gasteiger partial charge in [0.1, 0.15) is 6.54 Å². The summed E-state index contributed by atoms with van der Waals surface area (Å²) in [5, 5.41) is 2.73. The molecule has 2 aromatic heterocycles. The molecule has 0 aliphatic rings. The molecule has 104 valence electrons. The number of hydrogen-bond donors (Lipinski definition) is 1. The van der Waals surface area contributed by atoms with Crippen molar-refractivity contribution < 1.29 is 9.53 Å². The first-order valence-corrected chi connectivity index (χ1v) is 6.05.